The predicted octanol–water partition coefficient (Wildman–Crippen LogP) is 4.08. The van der Waals surface area contributed by atoms with E-state index in [9.17, 15) is 19.1 Å². The number of carbonyl (C=O) groups excluding carboxylic acids is 1. The molecule has 2 rings (SSSR count). The first-order valence-electron chi connectivity index (χ1n) is 10.3. The lowest BCUT2D eigenvalue weighted by Crippen LogP contribution is -2.10. The van der Waals surface area contributed by atoms with Crippen molar-refractivity contribution >= 4 is 13.9 Å². The summed E-state index contributed by atoms with van der Waals surface area (Å²) in [4.78, 5) is 28.8. The van der Waals surface area contributed by atoms with E-state index in [0.717, 1.165) is 34.2 Å². The molecule has 170 valence electrons. The van der Waals surface area contributed by atoms with Crippen LogP contribution in [-0.2, 0) is 33.4 Å². The van der Waals surface area contributed by atoms with E-state index in [1.54, 1.807) is 0 Å². The van der Waals surface area contributed by atoms with Gasteiger partial charge in [-0.3, -0.25) is 4.57 Å². The van der Waals surface area contributed by atoms with Gasteiger partial charge < -0.3 is 28.8 Å². The molecule has 0 aliphatic heterocycles. The summed E-state index contributed by atoms with van der Waals surface area (Å²) in [7, 11) is -4.27. The maximum Gasteiger partial charge on any atom is 0.362 e. The molecule has 2 aromatic carbocycles. The first kappa shape index (κ1) is 25.1. The van der Waals surface area contributed by atoms with Crippen molar-refractivity contribution in [1.29, 1.82) is 0 Å². The summed E-state index contributed by atoms with van der Waals surface area (Å²) in [6.45, 7) is 8.13. The van der Waals surface area contributed by atoms with E-state index in [1.165, 1.54) is 5.56 Å². The van der Waals surface area contributed by atoms with Crippen LogP contribution in [0.15, 0.2) is 24.3 Å². The summed E-state index contributed by atoms with van der Waals surface area (Å²) in [6, 6.07) is 7.71. The SMILES string of the molecule is CCc1c(C)c(Cc2ccc(OCOCC=O)cc2)c(C)c(CC)c1OCP(=O)(O)O. The van der Waals surface area contributed by atoms with Crippen molar-refractivity contribution in [3.63, 3.8) is 0 Å². The summed E-state index contributed by atoms with van der Waals surface area (Å²) in [5.74, 6) is 1.26. The number of aldehydes is 1. The van der Waals surface area contributed by atoms with Crippen LogP contribution in [0.4, 0.5) is 0 Å². The van der Waals surface area contributed by atoms with Crippen molar-refractivity contribution in [2.24, 2.45) is 0 Å². The third-order valence-electron chi connectivity index (χ3n) is 5.24. The second-order valence-corrected chi connectivity index (χ2v) is 8.87. The van der Waals surface area contributed by atoms with Crippen molar-refractivity contribution in [3.8, 4) is 11.5 Å². The molecule has 0 saturated carbocycles. The largest absolute Gasteiger partial charge is 0.480 e. The number of rotatable bonds is 12. The zero-order chi connectivity index (χ0) is 23.0. The van der Waals surface area contributed by atoms with Crippen LogP contribution in [-0.4, -0.2) is 35.8 Å². The fourth-order valence-corrected chi connectivity index (χ4v) is 4.02. The molecule has 0 radical (unpaired) electrons. The Morgan fingerprint density at radius 2 is 1.52 bits per heavy atom. The summed E-state index contributed by atoms with van der Waals surface area (Å²) in [5, 5.41) is 0. The molecule has 0 unspecified atom stereocenters. The van der Waals surface area contributed by atoms with Crippen LogP contribution in [0.5, 0.6) is 11.5 Å². The zero-order valence-corrected chi connectivity index (χ0v) is 19.4. The predicted molar refractivity (Wildman–Crippen MR) is 119 cm³/mol. The number of benzene rings is 2. The Balaban J connectivity index is 2.30. The molecule has 0 bridgehead atoms. The normalized spacial score (nSPS) is 11.4. The maximum atomic E-state index is 11.3. The van der Waals surface area contributed by atoms with Gasteiger partial charge in [0.1, 0.15) is 24.4 Å². The highest BCUT2D eigenvalue weighted by molar-refractivity contribution is 7.51. The summed E-state index contributed by atoms with van der Waals surface area (Å²) >= 11 is 0. The van der Waals surface area contributed by atoms with Crippen LogP contribution in [0.2, 0.25) is 0 Å². The topological polar surface area (TPSA) is 102 Å². The van der Waals surface area contributed by atoms with E-state index in [-0.39, 0.29) is 13.4 Å². The lowest BCUT2D eigenvalue weighted by Gasteiger charge is -2.23. The third kappa shape index (κ3) is 6.91. The van der Waals surface area contributed by atoms with Gasteiger partial charge in [0.05, 0.1) is 0 Å². The molecule has 7 nitrogen and oxygen atoms in total. The Bertz CT molecular complexity index is 901. The van der Waals surface area contributed by atoms with Gasteiger partial charge in [-0.05, 0) is 78.6 Å². The fourth-order valence-electron chi connectivity index (χ4n) is 3.72. The molecule has 8 heteroatoms. The summed E-state index contributed by atoms with van der Waals surface area (Å²) < 4.78 is 27.4. The first-order chi connectivity index (χ1) is 14.7. The minimum absolute atomic E-state index is 0.00400. The second-order valence-electron chi connectivity index (χ2n) is 7.28. The minimum Gasteiger partial charge on any atom is -0.480 e. The molecular weight excluding hydrogens is 419 g/mol. The van der Waals surface area contributed by atoms with Crippen molar-refractivity contribution < 1.29 is 33.4 Å². The van der Waals surface area contributed by atoms with Crippen molar-refractivity contribution in [2.75, 3.05) is 19.7 Å². The minimum atomic E-state index is -4.27. The lowest BCUT2D eigenvalue weighted by molar-refractivity contribution is -0.114. The molecule has 0 saturated heterocycles. The summed E-state index contributed by atoms with van der Waals surface area (Å²) in [6.07, 6.45) is 2.18. The van der Waals surface area contributed by atoms with E-state index >= 15 is 0 Å². The Morgan fingerprint density at radius 1 is 0.935 bits per heavy atom. The Hall–Kier alpha value is -2.18. The van der Waals surface area contributed by atoms with E-state index in [4.69, 9.17) is 14.2 Å². The Labute approximate surface area is 183 Å². The molecule has 2 aromatic rings. The van der Waals surface area contributed by atoms with Gasteiger partial charge in [-0.15, -0.1) is 0 Å². The highest BCUT2D eigenvalue weighted by atomic mass is 31.2. The lowest BCUT2D eigenvalue weighted by atomic mass is 9.86. The van der Waals surface area contributed by atoms with E-state index in [1.807, 2.05) is 52.0 Å². The monoisotopic (exact) mass is 450 g/mol. The highest BCUT2D eigenvalue weighted by Crippen LogP contribution is 2.40. The molecule has 0 amide bonds. The standard InChI is InChI=1S/C23H31O7P/c1-5-20-16(3)22(17(4)21(6-2)23(20)30-15-31(25,26)27)13-18-7-9-19(10-8-18)29-14-28-12-11-24/h7-11H,5-6,12-15H2,1-4H3,(H2,25,26,27). The average Bonchev–Trinajstić information content (AvgIpc) is 2.73. The van der Waals surface area contributed by atoms with E-state index in [0.29, 0.717) is 30.6 Å². The fraction of sp³-hybridized carbons (Fsp3) is 0.435. The molecule has 31 heavy (non-hydrogen) atoms. The van der Waals surface area contributed by atoms with Gasteiger partial charge in [-0.25, -0.2) is 0 Å². The molecule has 0 spiro atoms. The average molecular weight is 450 g/mol. The van der Waals surface area contributed by atoms with Gasteiger partial charge in [0.25, 0.3) is 0 Å². The number of hydrogen-bond acceptors (Lipinski definition) is 5. The van der Waals surface area contributed by atoms with Gasteiger partial charge in [-0.2, -0.15) is 0 Å². The van der Waals surface area contributed by atoms with Gasteiger partial charge in [0.15, 0.2) is 13.1 Å². The molecule has 0 atom stereocenters. The molecule has 0 aliphatic rings. The quantitative estimate of drug-likeness (QED) is 0.217. The molecule has 0 fully saturated rings. The number of ether oxygens (including phenoxy) is 3. The van der Waals surface area contributed by atoms with Crippen LogP contribution < -0.4 is 9.47 Å². The maximum absolute atomic E-state index is 11.3. The van der Waals surface area contributed by atoms with Crippen molar-refractivity contribution in [2.45, 2.75) is 47.0 Å². The highest BCUT2D eigenvalue weighted by Gasteiger charge is 2.22. The molecule has 0 heterocycles. The Morgan fingerprint density at radius 3 is 2.00 bits per heavy atom. The first-order valence-corrected chi connectivity index (χ1v) is 12.1. The molecular formula is C23H31O7P. The molecule has 0 aromatic heterocycles. The van der Waals surface area contributed by atoms with Crippen LogP contribution in [0.25, 0.3) is 0 Å². The Kier molecular flexibility index (Phi) is 9.26. The number of carbonyl (C=O) groups is 1. The molecule has 2 N–H and O–H groups in total. The van der Waals surface area contributed by atoms with E-state index in [2.05, 4.69) is 0 Å². The van der Waals surface area contributed by atoms with Crippen molar-refractivity contribution in [3.05, 3.63) is 57.6 Å². The smallest absolute Gasteiger partial charge is 0.362 e. The zero-order valence-electron chi connectivity index (χ0n) is 18.5. The summed E-state index contributed by atoms with van der Waals surface area (Å²) in [5.41, 5.74) is 6.44. The van der Waals surface area contributed by atoms with Crippen LogP contribution in [0.3, 0.4) is 0 Å². The van der Waals surface area contributed by atoms with Gasteiger partial charge in [-0.1, -0.05) is 26.0 Å². The van der Waals surface area contributed by atoms with Gasteiger partial charge >= 0.3 is 7.60 Å². The van der Waals surface area contributed by atoms with Crippen LogP contribution in [0, 0.1) is 13.8 Å². The molecule has 0 aliphatic carbocycles. The third-order valence-corrected chi connectivity index (χ3v) is 5.71. The second kappa shape index (κ2) is 11.4. The van der Waals surface area contributed by atoms with Gasteiger partial charge in [0.2, 0.25) is 0 Å². The van der Waals surface area contributed by atoms with Crippen molar-refractivity contribution in [1.82, 2.24) is 0 Å². The number of hydrogen-bond donors (Lipinski definition) is 2. The van der Waals surface area contributed by atoms with Crippen LogP contribution in [0.1, 0.15) is 47.2 Å². The van der Waals surface area contributed by atoms with E-state index < -0.39 is 13.9 Å². The van der Waals surface area contributed by atoms with Crippen LogP contribution >= 0.6 is 7.60 Å². The van der Waals surface area contributed by atoms with Gasteiger partial charge in [0, 0.05) is 0 Å².